The van der Waals surface area contributed by atoms with E-state index in [-0.39, 0.29) is 0 Å². The maximum absolute atomic E-state index is 6.02. The lowest BCUT2D eigenvalue weighted by Gasteiger charge is -2.16. The minimum absolute atomic E-state index is 0.444. The van der Waals surface area contributed by atoms with Gasteiger partial charge >= 0.3 is 0 Å². The zero-order chi connectivity index (χ0) is 19.8. The molecule has 0 aliphatic carbocycles. The molecule has 1 aliphatic heterocycles. The third kappa shape index (κ3) is 5.28. The fourth-order valence-electron chi connectivity index (χ4n) is 3.28. The number of nitrogens with two attached hydrogens (primary N) is 1. The summed E-state index contributed by atoms with van der Waals surface area (Å²) in [6.45, 7) is 3.40. The first-order valence-corrected chi connectivity index (χ1v) is 9.64. The van der Waals surface area contributed by atoms with Gasteiger partial charge in [-0.2, -0.15) is 0 Å². The number of pyridine rings is 1. The Bertz CT molecular complexity index is 803. The second-order valence-corrected chi connectivity index (χ2v) is 6.78. The molecule has 2 aromatic rings. The molecule has 0 unspecified atom stereocenters. The van der Waals surface area contributed by atoms with Crippen LogP contribution in [0.25, 0.3) is 0 Å². The van der Waals surface area contributed by atoms with Crippen LogP contribution in [-0.2, 0) is 13.0 Å². The predicted molar refractivity (Wildman–Crippen MR) is 112 cm³/mol. The van der Waals surface area contributed by atoms with E-state index < -0.39 is 0 Å². The van der Waals surface area contributed by atoms with E-state index in [9.17, 15) is 0 Å². The molecule has 1 aliphatic rings. The first kappa shape index (κ1) is 19.8. The summed E-state index contributed by atoms with van der Waals surface area (Å²) in [7, 11) is 3.27. The molecule has 150 valence electrons. The highest BCUT2D eigenvalue weighted by Gasteiger charge is 2.13. The highest BCUT2D eigenvalue weighted by Crippen LogP contribution is 2.27. The number of guanidine groups is 1. The van der Waals surface area contributed by atoms with E-state index in [1.807, 2.05) is 30.5 Å². The molecule has 0 bridgehead atoms. The molecule has 28 heavy (non-hydrogen) atoms. The Labute approximate surface area is 166 Å². The number of nitrogens with one attached hydrogen (secondary N) is 1. The van der Waals surface area contributed by atoms with Crippen LogP contribution in [0.5, 0.6) is 11.5 Å². The average Bonchev–Trinajstić information content (AvgIpc) is 3.27. The van der Waals surface area contributed by atoms with Gasteiger partial charge in [0.15, 0.2) is 17.5 Å². The van der Waals surface area contributed by atoms with Crippen molar-refractivity contribution in [2.24, 2.45) is 10.7 Å². The molecular weight excluding hydrogens is 354 g/mol. The Morgan fingerprint density at radius 3 is 2.64 bits per heavy atom. The van der Waals surface area contributed by atoms with Crippen molar-refractivity contribution in [2.75, 3.05) is 38.8 Å². The van der Waals surface area contributed by atoms with Gasteiger partial charge in [0.1, 0.15) is 5.82 Å². The number of nitrogens with zero attached hydrogens (tertiary/aromatic N) is 3. The zero-order valence-electron chi connectivity index (χ0n) is 16.6. The van der Waals surface area contributed by atoms with E-state index in [0.29, 0.717) is 19.0 Å². The molecule has 3 N–H and O–H groups in total. The van der Waals surface area contributed by atoms with Crippen molar-refractivity contribution in [2.45, 2.75) is 25.8 Å². The van der Waals surface area contributed by atoms with Crippen LogP contribution in [0.4, 0.5) is 5.82 Å². The van der Waals surface area contributed by atoms with Crippen LogP contribution in [0, 0.1) is 0 Å². The van der Waals surface area contributed by atoms with Gasteiger partial charge in [0.05, 0.1) is 20.8 Å². The van der Waals surface area contributed by atoms with E-state index >= 15 is 0 Å². The van der Waals surface area contributed by atoms with Crippen molar-refractivity contribution >= 4 is 11.8 Å². The summed E-state index contributed by atoms with van der Waals surface area (Å²) >= 11 is 0. The van der Waals surface area contributed by atoms with E-state index in [4.69, 9.17) is 15.2 Å². The Hall–Kier alpha value is -2.96. The average molecular weight is 383 g/mol. The van der Waals surface area contributed by atoms with E-state index in [0.717, 1.165) is 48.0 Å². The second kappa shape index (κ2) is 9.82. The quantitative estimate of drug-likeness (QED) is 0.538. The number of hydrogen-bond donors (Lipinski definition) is 2. The van der Waals surface area contributed by atoms with Gasteiger partial charge in [-0.05, 0) is 54.7 Å². The molecule has 7 heteroatoms. The molecular formula is C21H29N5O2. The smallest absolute Gasteiger partial charge is 0.188 e. The lowest BCUT2D eigenvalue weighted by Crippen LogP contribution is -2.33. The summed E-state index contributed by atoms with van der Waals surface area (Å²) in [4.78, 5) is 11.2. The van der Waals surface area contributed by atoms with E-state index in [1.165, 1.54) is 12.8 Å². The fourth-order valence-corrected chi connectivity index (χ4v) is 3.28. The SMILES string of the molecule is COc1ccc(CCNC(N)=NCc2ccnc(N3CCCC3)c2)cc1OC. The summed E-state index contributed by atoms with van der Waals surface area (Å²) in [6, 6.07) is 10.00. The Kier molecular flexibility index (Phi) is 6.94. The van der Waals surface area contributed by atoms with E-state index in [2.05, 4.69) is 26.3 Å². The summed E-state index contributed by atoms with van der Waals surface area (Å²) in [6.07, 6.45) is 5.13. The molecule has 3 rings (SSSR count). The molecule has 0 amide bonds. The van der Waals surface area contributed by atoms with Crippen LogP contribution < -0.4 is 25.4 Å². The number of aromatic nitrogens is 1. The van der Waals surface area contributed by atoms with Gasteiger partial charge in [-0.1, -0.05) is 6.07 Å². The number of methoxy groups -OCH3 is 2. The summed E-state index contributed by atoms with van der Waals surface area (Å²) in [5.41, 5.74) is 8.27. The molecule has 1 aromatic heterocycles. The number of ether oxygens (including phenoxy) is 2. The molecule has 1 saturated heterocycles. The summed E-state index contributed by atoms with van der Waals surface area (Å²) < 4.78 is 10.6. The standard InChI is InChI=1S/C21H29N5O2/c1-27-18-6-5-16(13-19(18)28-2)7-10-24-21(22)25-15-17-8-9-23-20(14-17)26-11-3-4-12-26/h5-6,8-9,13-14H,3-4,7,10-12,15H2,1-2H3,(H3,22,24,25). The molecule has 2 heterocycles. The number of aliphatic imine (C=N–C) groups is 1. The summed E-state index contributed by atoms with van der Waals surface area (Å²) in [5, 5.41) is 3.17. The van der Waals surface area contributed by atoms with Gasteiger partial charge in [-0.15, -0.1) is 0 Å². The highest BCUT2D eigenvalue weighted by molar-refractivity contribution is 5.77. The van der Waals surface area contributed by atoms with Crippen molar-refractivity contribution < 1.29 is 9.47 Å². The van der Waals surface area contributed by atoms with Crippen molar-refractivity contribution in [3.05, 3.63) is 47.7 Å². The van der Waals surface area contributed by atoms with Crippen LogP contribution in [0.3, 0.4) is 0 Å². The van der Waals surface area contributed by atoms with E-state index in [1.54, 1.807) is 14.2 Å². The fraction of sp³-hybridized carbons (Fsp3) is 0.429. The maximum Gasteiger partial charge on any atom is 0.188 e. The highest BCUT2D eigenvalue weighted by atomic mass is 16.5. The van der Waals surface area contributed by atoms with Gasteiger partial charge < -0.3 is 25.4 Å². The monoisotopic (exact) mass is 383 g/mol. The number of hydrogen-bond acceptors (Lipinski definition) is 5. The maximum atomic E-state index is 6.02. The third-order valence-electron chi connectivity index (χ3n) is 4.84. The normalized spacial score (nSPS) is 14.2. The Morgan fingerprint density at radius 1 is 1.11 bits per heavy atom. The number of anilines is 1. The van der Waals surface area contributed by atoms with Gasteiger partial charge in [0, 0.05) is 25.8 Å². The van der Waals surface area contributed by atoms with Crippen LogP contribution in [-0.4, -0.2) is 44.8 Å². The van der Waals surface area contributed by atoms with Gasteiger partial charge in [0.2, 0.25) is 0 Å². The number of benzene rings is 1. The first-order chi connectivity index (χ1) is 13.7. The van der Waals surface area contributed by atoms with Crippen LogP contribution in [0.2, 0.25) is 0 Å². The minimum atomic E-state index is 0.444. The second-order valence-electron chi connectivity index (χ2n) is 6.78. The molecule has 1 aromatic carbocycles. The predicted octanol–water partition coefficient (Wildman–Crippen LogP) is 2.35. The van der Waals surface area contributed by atoms with Crippen molar-refractivity contribution in [1.82, 2.24) is 10.3 Å². The molecule has 0 radical (unpaired) electrons. The van der Waals surface area contributed by atoms with Crippen molar-refractivity contribution in [3.8, 4) is 11.5 Å². The zero-order valence-corrected chi connectivity index (χ0v) is 16.6. The largest absolute Gasteiger partial charge is 0.493 e. The molecule has 7 nitrogen and oxygen atoms in total. The van der Waals surface area contributed by atoms with Gasteiger partial charge in [-0.25, -0.2) is 9.98 Å². The first-order valence-electron chi connectivity index (χ1n) is 9.64. The molecule has 0 spiro atoms. The van der Waals surface area contributed by atoms with Crippen LogP contribution >= 0.6 is 0 Å². The van der Waals surface area contributed by atoms with Gasteiger partial charge in [0.25, 0.3) is 0 Å². The lowest BCUT2D eigenvalue weighted by molar-refractivity contribution is 0.354. The van der Waals surface area contributed by atoms with Crippen LogP contribution in [0.1, 0.15) is 24.0 Å². The Morgan fingerprint density at radius 2 is 1.89 bits per heavy atom. The van der Waals surface area contributed by atoms with Crippen molar-refractivity contribution in [1.29, 1.82) is 0 Å². The lowest BCUT2D eigenvalue weighted by atomic mass is 10.1. The molecule has 0 saturated carbocycles. The van der Waals surface area contributed by atoms with Crippen molar-refractivity contribution in [3.63, 3.8) is 0 Å². The Balaban J connectivity index is 1.49. The third-order valence-corrected chi connectivity index (χ3v) is 4.84. The number of rotatable bonds is 8. The van der Waals surface area contributed by atoms with Crippen LogP contribution in [0.15, 0.2) is 41.5 Å². The summed E-state index contributed by atoms with van der Waals surface area (Å²) in [5.74, 6) is 2.93. The van der Waals surface area contributed by atoms with Gasteiger partial charge in [-0.3, -0.25) is 0 Å². The molecule has 1 fully saturated rings. The molecule has 0 atom stereocenters. The minimum Gasteiger partial charge on any atom is -0.493 e. The topological polar surface area (TPSA) is 85.0 Å².